The normalized spacial score (nSPS) is 25.6. The van der Waals surface area contributed by atoms with Crippen molar-refractivity contribution in [1.29, 1.82) is 0 Å². The van der Waals surface area contributed by atoms with Gasteiger partial charge >= 0.3 is 0 Å². The minimum absolute atomic E-state index is 0.238. The molecule has 9 nitrogen and oxygen atoms in total. The lowest BCUT2D eigenvalue weighted by Crippen LogP contribution is -2.24. The number of nitrogens with one attached hydrogen (secondary N) is 1. The van der Waals surface area contributed by atoms with E-state index in [2.05, 4.69) is 15.3 Å². The van der Waals surface area contributed by atoms with Crippen LogP contribution in [0.1, 0.15) is 12.6 Å². The van der Waals surface area contributed by atoms with Crippen LogP contribution in [-0.4, -0.2) is 55.2 Å². The Kier molecular flexibility index (Phi) is 3.40. The summed E-state index contributed by atoms with van der Waals surface area (Å²) in [6.07, 6.45) is -0.125. The molecule has 3 atom stereocenters. The molecule has 2 aromatic rings. The zero-order valence-corrected chi connectivity index (χ0v) is 11.7. The fraction of sp³-hybridized carbons (Fsp3) is 0.583. The van der Waals surface area contributed by atoms with Crippen LogP contribution in [0.4, 0.5) is 5.95 Å². The van der Waals surface area contributed by atoms with Gasteiger partial charge in [0.25, 0.3) is 5.56 Å². The number of ether oxygens (including phenoxy) is 1. The minimum Gasteiger partial charge on any atom is -0.394 e. The van der Waals surface area contributed by atoms with Gasteiger partial charge in [0.2, 0.25) is 5.95 Å². The molecule has 0 radical (unpaired) electrons. The monoisotopic (exact) mass is 295 g/mol. The van der Waals surface area contributed by atoms with E-state index in [1.54, 1.807) is 18.7 Å². The number of nitrogens with zero attached hydrogens (tertiary/aromatic N) is 4. The summed E-state index contributed by atoms with van der Waals surface area (Å²) in [5, 5.41) is 21.8. The van der Waals surface area contributed by atoms with Crippen LogP contribution < -0.4 is 10.9 Å². The number of imidazole rings is 1. The Hall–Kier alpha value is -1.97. The first-order chi connectivity index (χ1) is 10.1. The SMILES string of the molecule is CNc1nc2c(ncn2[C@H]2C[C@H](O)[C@@H](CO)O2)c(=O)n1C. The molecule has 1 saturated heterocycles. The number of aliphatic hydroxyl groups excluding tert-OH is 2. The Morgan fingerprint density at radius 1 is 1.57 bits per heavy atom. The lowest BCUT2D eigenvalue weighted by molar-refractivity contribution is -0.0432. The summed E-state index contributed by atoms with van der Waals surface area (Å²) in [7, 11) is 3.28. The van der Waals surface area contributed by atoms with Gasteiger partial charge in [0.1, 0.15) is 12.3 Å². The summed E-state index contributed by atoms with van der Waals surface area (Å²) >= 11 is 0. The number of hydrogen-bond donors (Lipinski definition) is 3. The molecule has 3 N–H and O–H groups in total. The highest BCUT2D eigenvalue weighted by atomic mass is 16.5. The predicted molar refractivity (Wildman–Crippen MR) is 73.9 cm³/mol. The molecule has 9 heteroatoms. The topological polar surface area (TPSA) is 114 Å². The van der Waals surface area contributed by atoms with Crippen LogP contribution >= 0.6 is 0 Å². The molecule has 0 aromatic carbocycles. The van der Waals surface area contributed by atoms with Gasteiger partial charge in [0.05, 0.1) is 19.0 Å². The van der Waals surface area contributed by atoms with Gasteiger partial charge in [-0.2, -0.15) is 4.98 Å². The van der Waals surface area contributed by atoms with Crippen LogP contribution in [0, 0.1) is 0 Å². The Balaban J connectivity index is 2.09. The highest BCUT2D eigenvalue weighted by Gasteiger charge is 2.35. The molecule has 1 aliphatic rings. The Morgan fingerprint density at radius 3 is 2.95 bits per heavy atom. The number of anilines is 1. The molecular formula is C12H17N5O4. The molecule has 1 aliphatic heterocycles. The fourth-order valence-electron chi connectivity index (χ4n) is 2.53. The van der Waals surface area contributed by atoms with E-state index in [1.807, 2.05) is 0 Å². The Bertz CT molecular complexity index is 724. The van der Waals surface area contributed by atoms with Gasteiger partial charge in [-0.1, -0.05) is 0 Å². The lowest BCUT2D eigenvalue weighted by atomic mass is 10.2. The summed E-state index contributed by atoms with van der Waals surface area (Å²) < 4.78 is 8.56. The largest absolute Gasteiger partial charge is 0.394 e. The molecule has 3 rings (SSSR count). The van der Waals surface area contributed by atoms with E-state index in [-0.39, 0.29) is 17.7 Å². The van der Waals surface area contributed by atoms with Crippen molar-refractivity contribution in [3.05, 3.63) is 16.7 Å². The van der Waals surface area contributed by atoms with Crippen molar-refractivity contribution < 1.29 is 14.9 Å². The molecule has 0 bridgehead atoms. The third kappa shape index (κ3) is 2.09. The van der Waals surface area contributed by atoms with E-state index in [9.17, 15) is 9.90 Å². The molecular weight excluding hydrogens is 278 g/mol. The van der Waals surface area contributed by atoms with Crippen molar-refractivity contribution >= 4 is 17.1 Å². The van der Waals surface area contributed by atoms with Gasteiger partial charge in [-0.3, -0.25) is 13.9 Å². The average Bonchev–Trinajstić information content (AvgIpc) is 3.05. The van der Waals surface area contributed by atoms with Crippen molar-refractivity contribution in [2.45, 2.75) is 24.9 Å². The second-order valence-corrected chi connectivity index (χ2v) is 4.99. The average molecular weight is 295 g/mol. The maximum atomic E-state index is 12.2. The van der Waals surface area contributed by atoms with Crippen LogP contribution in [0.15, 0.2) is 11.1 Å². The van der Waals surface area contributed by atoms with E-state index in [4.69, 9.17) is 9.84 Å². The number of fused-ring (bicyclic) bond motifs is 1. The van der Waals surface area contributed by atoms with E-state index < -0.39 is 18.4 Å². The second kappa shape index (κ2) is 5.10. The van der Waals surface area contributed by atoms with E-state index in [0.29, 0.717) is 18.0 Å². The zero-order valence-electron chi connectivity index (χ0n) is 11.7. The predicted octanol–water partition coefficient (Wildman–Crippen LogP) is -1.19. The quantitative estimate of drug-likeness (QED) is 0.652. The molecule has 0 aliphatic carbocycles. The van der Waals surface area contributed by atoms with Crippen molar-refractivity contribution in [2.75, 3.05) is 19.0 Å². The molecule has 21 heavy (non-hydrogen) atoms. The fourth-order valence-corrected chi connectivity index (χ4v) is 2.53. The highest BCUT2D eigenvalue weighted by Crippen LogP contribution is 2.30. The van der Waals surface area contributed by atoms with Crippen molar-refractivity contribution in [3.8, 4) is 0 Å². The maximum Gasteiger partial charge on any atom is 0.282 e. The van der Waals surface area contributed by atoms with E-state index >= 15 is 0 Å². The summed E-state index contributed by atoms with van der Waals surface area (Å²) in [4.78, 5) is 20.7. The standard InChI is InChI=1S/C12H17N5O4/c1-13-12-15-10-9(11(20)16(12)2)14-5-17(10)8-3-6(19)7(4-18)21-8/h5-8,18-19H,3-4H2,1-2H3,(H,13,15)/t6-,7+,8+/m0/s1. The van der Waals surface area contributed by atoms with Gasteiger partial charge in [-0.25, -0.2) is 4.98 Å². The van der Waals surface area contributed by atoms with Gasteiger partial charge in [0.15, 0.2) is 11.2 Å². The number of rotatable bonds is 3. The smallest absolute Gasteiger partial charge is 0.282 e. The van der Waals surface area contributed by atoms with Crippen molar-refractivity contribution in [2.24, 2.45) is 7.05 Å². The molecule has 0 amide bonds. The summed E-state index contributed by atoms with van der Waals surface area (Å²) in [5.74, 6) is 0.409. The lowest BCUT2D eigenvalue weighted by Gasteiger charge is -2.14. The first kappa shape index (κ1) is 14.0. The molecule has 0 spiro atoms. The van der Waals surface area contributed by atoms with Crippen LogP contribution in [0.5, 0.6) is 0 Å². The molecule has 114 valence electrons. The van der Waals surface area contributed by atoms with Crippen molar-refractivity contribution in [3.63, 3.8) is 0 Å². The summed E-state index contributed by atoms with van der Waals surface area (Å²) in [6.45, 7) is -0.263. The number of hydrogen-bond acceptors (Lipinski definition) is 7. The van der Waals surface area contributed by atoms with Crippen LogP contribution in [-0.2, 0) is 11.8 Å². The van der Waals surface area contributed by atoms with Crippen LogP contribution in [0.2, 0.25) is 0 Å². The number of aromatic nitrogens is 4. The first-order valence-electron chi connectivity index (χ1n) is 6.62. The summed E-state index contributed by atoms with van der Waals surface area (Å²) in [5.41, 5.74) is 0.362. The van der Waals surface area contributed by atoms with Gasteiger partial charge in [0, 0.05) is 20.5 Å². The number of aliphatic hydroxyl groups is 2. The Labute approximate surface area is 119 Å². The first-order valence-corrected chi connectivity index (χ1v) is 6.62. The molecule has 1 fully saturated rings. The third-order valence-corrected chi connectivity index (χ3v) is 3.72. The second-order valence-electron chi connectivity index (χ2n) is 4.99. The minimum atomic E-state index is -0.757. The Morgan fingerprint density at radius 2 is 2.33 bits per heavy atom. The molecule has 0 unspecified atom stereocenters. The van der Waals surface area contributed by atoms with Gasteiger partial charge in [-0.15, -0.1) is 0 Å². The van der Waals surface area contributed by atoms with Gasteiger partial charge < -0.3 is 20.3 Å². The highest BCUT2D eigenvalue weighted by molar-refractivity contribution is 5.71. The van der Waals surface area contributed by atoms with E-state index in [0.717, 1.165) is 0 Å². The van der Waals surface area contributed by atoms with Crippen LogP contribution in [0.3, 0.4) is 0 Å². The van der Waals surface area contributed by atoms with E-state index in [1.165, 1.54) is 10.9 Å². The van der Waals surface area contributed by atoms with Gasteiger partial charge in [-0.05, 0) is 0 Å². The maximum absolute atomic E-state index is 12.2. The van der Waals surface area contributed by atoms with Crippen molar-refractivity contribution in [1.82, 2.24) is 19.1 Å². The van der Waals surface area contributed by atoms with Crippen LogP contribution in [0.25, 0.3) is 11.2 Å². The molecule has 0 saturated carbocycles. The third-order valence-electron chi connectivity index (χ3n) is 3.72. The molecule has 3 heterocycles. The molecule has 2 aromatic heterocycles. The zero-order chi connectivity index (χ0) is 15.1. The summed E-state index contributed by atoms with van der Waals surface area (Å²) in [6, 6.07) is 0.